The zero-order valence-corrected chi connectivity index (χ0v) is 23.7. The van der Waals surface area contributed by atoms with Gasteiger partial charge in [-0.2, -0.15) is 0 Å². The molecule has 9 heteroatoms. The molecule has 1 aromatic rings. The molecule has 5 rings (SSSR count). The molecular weight excluding hydrogens is 526 g/mol. The number of carbonyl (C=O) groups excluding carboxylic acids is 5. The topological polar surface area (TPSA) is 158 Å². The Kier molecular flexibility index (Phi) is 6.93. The van der Waals surface area contributed by atoms with E-state index in [1.54, 1.807) is 25.2 Å². The molecular formula is C32H35NO8. The molecule has 7 unspecified atom stereocenters. The van der Waals surface area contributed by atoms with Gasteiger partial charge >= 0.3 is 0 Å². The number of benzene rings is 1. The molecule has 216 valence electrons. The zero-order chi connectivity index (χ0) is 30.1. The van der Waals surface area contributed by atoms with Crippen LogP contribution in [-0.2, 0) is 9.59 Å². The number of aliphatic hydroxyl groups is 1. The van der Waals surface area contributed by atoms with E-state index in [9.17, 15) is 39.3 Å². The first-order chi connectivity index (χ1) is 19.2. The minimum atomic E-state index is -1.74. The Labute approximate surface area is 238 Å². The number of hydrogen-bond acceptors (Lipinski definition) is 8. The maximum absolute atomic E-state index is 14.6. The van der Waals surface area contributed by atoms with Crippen molar-refractivity contribution >= 4 is 29.0 Å². The van der Waals surface area contributed by atoms with E-state index < -0.39 is 81.6 Å². The number of hydrogen-bond donors (Lipinski definition) is 4. The molecule has 1 heterocycles. The monoisotopic (exact) mass is 561 g/mol. The van der Waals surface area contributed by atoms with Crippen molar-refractivity contribution in [1.82, 2.24) is 5.32 Å². The lowest BCUT2D eigenvalue weighted by atomic mass is 9.56. The van der Waals surface area contributed by atoms with E-state index in [0.717, 1.165) is 0 Å². The number of Topliss-reactive ketones (excluding diaryl/α,β-unsaturated/α-hetero) is 4. The Morgan fingerprint density at radius 1 is 0.902 bits per heavy atom. The Morgan fingerprint density at radius 3 is 2.22 bits per heavy atom. The third kappa shape index (κ3) is 4.12. The lowest BCUT2D eigenvalue weighted by molar-refractivity contribution is -0.121. The summed E-state index contributed by atoms with van der Waals surface area (Å²) < 4.78 is 0. The Hall–Kier alpha value is -3.85. The Morgan fingerprint density at radius 2 is 1.56 bits per heavy atom. The van der Waals surface area contributed by atoms with Crippen LogP contribution in [0.4, 0.5) is 0 Å². The second-order valence-corrected chi connectivity index (χ2v) is 12.3. The molecule has 0 radical (unpaired) electrons. The normalized spacial score (nSPS) is 33.0. The molecule has 1 saturated heterocycles. The fourth-order valence-electron chi connectivity index (χ4n) is 6.89. The first-order valence-corrected chi connectivity index (χ1v) is 14.0. The third-order valence-electron chi connectivity index (χ3n) is 9.11. The molecule has 1 aromatic carbocycles. The fourth-order valence-corrected chi connectivity index (χ4v) is 6.89. The van der Waals surface area contributed by atoms with Crippen molar-refractivity contribution in [3.63, 3.8) is 0 Å². The van der Waals surface area contributed by atoms with Gasteiger partial charge < -0.3 is 20.6 Å². The minimum Gasteiger partial charge on any atom is -0.507 e. The van der Waals surface area contributed by atoms with Crippen molar-refractivity contribution in [1.29, 1.82) is 0 Å². The van der Waals surface area contributed by atoms with Gasteiger partial charge in [0.15, 0.2) is 23.1 Å². The molecule has 4 N–H and O–H groups in total. The van der Waals surface area contributed by atoms with Crippen molar-refractivity contribution in [2.45, 2.75) is 59.1 Å². The van der Waals surface area contributed by atoms with Crippen LogP contribution >= 0.6 is 0 Å². The van der Waals surface area contributed by atoms with E-state index in [1.165, 1.54) is 26.0 Å². The Balaban J connectivity index is 1.88. The molecule has 1 spiro atoms. The van der Waals surface area contributed by atoms with Crippen molar-refractivity contribution in [2.24, 2.45) is 35.5 Å². The molecule has 1 amide bonds. The van der Waals surface area contributed by atoms with Crippen LogP contribution in [0, 0.1) is 42.4 Å². The summed E-state index contributed by atoms with van der Waals surface area (Å²) in [6, 6.07) is 0. The van der Waals surface area contributed by atoms with Crippen LogP contribution < -0.4 is 5.32 Å². The molecule has 7 atom stereocenters. The number of aliphatic hydroxyl groups excluding tert-OH is 1. The van der Waals surface area contributed by atoms with Crippen LogP contribution in [0.15, 0.2) is 36.0 Å². The van der Waals surface area contributed by atoms with Crippen LogP contribution in [0.1, 0.15) is 77.2 Å². The van der Waals surface area contributed by atoms with Gasteiger partial charge in [-0.25, -0.2) is 0 Å². The molecule has 1 aliphatic heterocycles. The van der Waals surface area contributed by atoms with Crippen LogP contribution in [-0.4, -0.2) is 56.0 Å². The van der Waals surface area contributed by atoms with Gasteiger partial charge in [-0.3, -0.25) is 24.0 Å². The summed E-state index contributed by atoms with van der Waals surface area (Å²) in [6.45, 7) is 8.31. The summed E-state index contributed by atoms with van der Waals surface area (Å²) in [6.07, 6.45) is 6.89. The maximum Gasteiger partial charge on any atom is 0.221 e. The van der Waals surface area contributed by atoms with Gasteiger partial charge in [0.2, 0.25) is 5.91 Å². The number of aromatic hydroxyl groups is 2. The lowest BCUT2D eigenvalue weighted by Crippen LogP contribution is -2.65. The van der Waals surface area contributed by atoms with E-state index >= 15 is 0 Å². The highest BCUT2D eigenvalue weighted by Crippen LogP contribution is 2.54. The predicted molar refractivity (Wildman–Crippen MR) is 149 cm³/mol. The molecule has 2 bridgehead atoms. The number of nitrogens with one attached hydrogen (secondary N) is 1. The van der Waals surface area contributed by atoms with Crippen molar-refractivity contribution in [3.05, 3.63) is 58.2 Å². The third-order valence-corrected chi connectivity index (χ3v) is 9.11. The van der Waals surface area contributed by atoms with Crippen molar-refractivity contribution in [2.75, 3.05) is 0 Å². The van der Waals surface area contributed by atoms with Crippen LogP contribution in [0.5, 0.6) is 11.5 Å². The summed E-state index contributed by atoms with van der Waals surface area (Å²) in [7, 11) is 0. The minimum absolute atomic E-state index is 0.0509. The first-order valence-electron chi connectivity index (χ1n) is 14.0. The largest absolute Gasteiger partial charge is 0.507 e. The van der Waals surface area contributed by atoms with Gasteiger partial charge in [0.05, 0.1) is 23.1 Å². The van der Waals surface area contributed by atoms with Crippen LogP contribution in [0.3, 0.4) is 0 Å². The van der Waals surface area contributed by atoms with Gasteiger partial charge in [0, 0.05) is 41.2 Å². The smallest absolute Gasteiger partial charge is 0.221 e. The average Bonchev–Trinajstić information content (AvgIpc) is 3.27. The van der Waals surface area contributed by atoms with E-state index in [-0.39, 0.29) is 34.8 Å². The number of carbonyl (C=O) groups is 5. The second kappa shape index (κ2) is 9.91. The summed E-state index contributed by atoms with van der Waals surface area (Å²) in [5.41, 5.74) is -2.65. The second-order valence-electron chi connectivity index (χ2n) is 12.3. The zero-order valence-electron chi connectivity index (χ0n) is 23.7. The van der Waals surface area contributed by atoms with Gasteiger partial charge in [-0.05, 0) is 24.8 Å². The SMILES string of the molecule is Cc1c(O)c2c3c(c1O)C(=O)C14NC(=O)CC1C=CC(C=C(CC(C)C)C(=O)C(C)C(O)C=CC(C)C2=O)C4C3=O. The summed E-state index contributed by atoms with van der Waals surface area (Å²) >= 11 is 0. The molecule has 9 nitrogen and oxygen atoms in total. The number of rotatable bonds is 2. The van der Waals surface area contributed by atoms with E-state index in [2.05, 4.69) is 5.32 Å². The predicted octanol–water partition coefficient (Wildman–Crippen LogP) is 3.39. The highest BCUT2D eigenvalue weighted by molar-refractivity contribution is 6.27. The lowest BCUT2D eigenvalue weighted by Gasteiger charge is -2.47. The molecule has 0 saturated carbocycles. The molecule has 0 aromatic heterocycles. The fraction of sp³-hybridized carbons (Fsp3) is 0.469. The average molecular weight is 562 g/mol. The molecule has 4 aliphatic rings. The van der Waals surface area contributed by atoms with Gasteiger partial charge in [-0.1, -0.05) is 58.1 Å². The number of amides is 1. The molecule has 3 aliphatic carbocycles. The number of phenolic OH excluding ortho intramolecular Hbond substituents is 2. The molecule has 1 fully saturated rings. The summed E-state index contributed by atoms with van der Waals surface area (Å²) in [4.78, 5) is 69.3. The van der Waals surface area contributed by atoms with Crippen LogP contribution in [0.25, 0.3) is 0 Å². The van der Waals surface area contributed by atoms with E-state index in [1.807, 2.05) is 13.8 Å². The number of ketones is 4. The van der Waals surface area contributed by atoms with Crippen LogP contribution in [0.2, 0.25) is 0 Å². The Bertz CT molecular complexity index is 1500. The first kappa shape index (κ1) is 28.7. The van der Waals surface area contributed by atoms with Crippen molar-refractivity contribution < 1.29 is 39.3 Å². The standard InChI is InChI=1S/C32H35NO8/c1-13(2)10-18-11-17-7-8-19-12-21(35)33-32(19)25(17)30(40)22-23(28(38)16(5)29(39)24(22)31(32)41)26(36)14(3)6-9-20(34)15(4)27(18)37/h6-9,11,13-15,17,19-20,25,34,38-39H,10,12H2,1-5H3,(H,33,35). The highest BCUT2D eigenvalue weighted by Gasteiger charge is 2.65. The molecule has 41 heavy (non-hydrogen) atoms. The van der Waals surface area contributed by atoms with E-state index in [4.69, 9.17) is 0 Å². The maximum atomic E-state index is 14.6. The van der Waals surface area contributed by atoms with E-state index in [0.29, 0.717) is 12.0 Å². The number of allylic oxidation sites excluding steroid dienone is 4. The summed E-state index contributed by atoms with van der Waals surface area (Å²) in [5, 5.41) is 35.8. The summed E-state index contributed by atoms with van der Waals surface area (Å²) in [5.74, 6) is -8.60. The van der Waals surface area contributed by atoms with Gasteiger partial charge in [0.25, 0.3) is 0 Å². The van der Waals surface area contributed by atoms with Gasteiger partial charge in [-0.15, -0.1) is 0 Å². The number of phenols is 2. The van der Waals surface area contributed by atoms with Crippen molar-refractivity contribution in [3.8, 4) is 11.5 Å². The highest BCUT2D eigenvalue weighted by atomic mass is 16.3. The quantitative estimate of drug-likeness (QED) is 0.400. The van der Waals surface area contributed by atoms with Gasteiger partial charge in [0.1, 0.15) is 17.0 Å².